The second-order valence-corrected chi connectivity index (χ2v) is 10.6. The number of likely N-dealkylation sites (tertiary alicyclic amines) is 1. The Morgan fingerprint density at radius 1 is 1.27 bits per heavy atom. The summed E-state index contributed by atoms with van der Waals surface area (Å²) < 4.78 is 11.9. The molecule has 1 saturated carbocycles. The van der Waals surface area contributed by atoms with Crippen LogP contribution in [0.4, 0.5) is 10.6 Å². The Morgan fingerprint density at radius 2 is 2.00 bits per heavy atom. The van der Waals surface area contributed by atoms with Crippen molar-refractivity contribution in [3.63, 3.8) is 0 Å². The standard InChI is InChI=1S/C24H36N6O3/c1-16(18-8-7-11-28(18)6)32-21-14-20(26-19(15-25)27-21)29-12-13-30(22(31)33-23(3,4)5)24(9-10-24)17(29)2/h14,16-18H,7-13H2,1-6H3/t16-,17+,18-/m0/s1. The van der Waals surface area contributed by atoms with Gasteiger partial charge < -0.3 is 14.4 Å². The maximum absolute atomic E-state index is 12.9. The number of amides is 1. The summed E-state index contributed by atoms with van der Waals surface area (Å²) >= 11 is 0. The minimum Gasteiger partial charge on any atom is -0.473 e. The summed E-state index contributed by atoms with van der Waals surface area (Å²) in [6, 6.07) is 4.28. The highest BCUT2D eigenvalue weighted by Gasteiger charge is 2.59. The van der Waals surface area contributed by atoms with Crippen molar-refractivity contribution in [1.29, 1.82) is 5.26 Å². The summed E-state index contributed by atoms with van der Waals surface area (Å²) in [5.41, 5.74) is -0.794. The number of piperazine rings is 1. The third-order valence-corrected chi connectivity index (χ3v) is 7.23. The number of nitriles is 1. The molecule has 1 aromatic heterocycles. The molecule has 9 heteroatoms. The third kappa shape index (κ3) is 4.72. The molecule has 180 valence electrons. The van der Waals surface area contributed by atoms with Gasteiger partial charge >= 0.3 is 6.09 Å². The van der Waals surface area contributed by atoms with Gasteiger partial charge in [0.1, 0.15) is 23.6 Å². The van der Waals surface area contributed by atoms with E-state index in [1.54, 1.807) is 0 Å². The van der Waals surface area contributed by atoms with Crippen molar-refractivity contribution in [1.82, 2.24) is 19.8 Å². The number of carbonyl (C=O) groups excluding carboxylic acids is 1. The monoisotopic (exact) mass is 456 g/mol. The lowest BCUT2D eigenvalue weighted by atomic mass is 10.0. The van der Waals surface area contributed by atoms with Crippen LogP contribution < -0.4 is 9.64 Å². The molecule has 9 nitrogen and oxygen atoms in total. The van der Waals surface area contributed by atoms with Crippen molar-refractivity contribution in [2.24, 2.45) is 0 Å². The van der Waals surface area contributed by atoms with Gasteiger partial charge in [0.25, 0.3) is 0 Å². The normalized spacial score (nSPS) is 25.6. The number of hydrogen-bond donors (Lipinski definition) is 0. The number of ether oxygens (including phenoxy) is 2. The van der Waals surface area contributed by atoms with Crippen LogP contribution in [0.3, 0.4) is 0 Å². The molecule has 3 aliphatic rings. The number of carbonyl (C=O) groups is 1. The predicted molar refractivity (Wildman–Crippen MR) is 124 cm³/mol. The molecule has 0 N–H and O–H groups in total. The molecule has 3 heterocycles. The predicted octanol–water partition coefficient (Wildman–Crippen LogP) is 3.19. The molecule has 1 amide bonds. The Bertz CT molecular complexity index is 935. The zero-order valence-electron chi connectivity index (χ0n) is 20.7. The van der Waals surface area contributed by atoms with Crippen molar-refractivity contribution in [2.75, 3.05) is 31.6 Å². The Balaban J connectivity index is 1.54. The van der Waals surface area contributed by atoms with Crippen molar-refractivity contribution in [2.45, 2.75) is 89.6 Å². The first-order chi connectivity index (χ1) is 15.5. The topological polar surface area (TPSA) is 94.8 Å². The summed E-state index contributed by atoms with van der Waals surface area (Å²) in [7, 11) is 2.12. The fourth-order valence-electron chi connectivity index (χ4n) is 5.33. The van der Waals surface area contributed by atoms with Gasteiger partial charge in [-0.15, -0.1) is 0 Å². The molecule has 3 fully saturated rings. The van der Waals surface area contributed by atoms with Gasteiger partial charge in [-0.05, 0) is 73.9 Å². The number of hydrogen-bond acceptors (Lipinski definition) is 8. The first kappa shape index (κ1) is 23.6. The zero-order chi connectivity index (χ0) is 24.0. The Morgan fingerprint density at radius 3 is 2.58 bits per heavy atom. The Labute approximate surface area is 196 Å². The van der Waals surface area contributed by atoms with Gasteiger partial charge in [0.15, 0.2) is 0 Å². The quantitative estimate of drug-likeness (QED) is 0.682. The van der Waals surface area contributed by atoms with Crippen molar-refractivity contribution < 1.29 is 14.3 Å². The smallest absolute Gasteiger partial charge is 0.410 e. The first-order valence-corrected chi connectivity index (χ1v) is 12.0. The van der Waals surface area contributed by atoms with E-state index in [1.165, 1.54) is 0 Å². The maximum atomic E-state index is 12.9. The summed E-state index contributed by atoms with van der Waals surface area (Å²) in [4.78, 5) is 28.1. The lowest BCUT2D eigenvalue weighted by Crippen LogP contribution is -2.62. The largest absolute Gasteiger partial charge is 0.473 e. The van der Waals surface area contributed by atoms with Crippen LogP contribution in [0.1, 0.15) is 66.1 Å². The first-order valence-electron chi connectivity index (χ1n) is 12.0. The van der Waals surface area contributed by atoms with E-state index >= 15 is 0 Å². The number of nitrogens with zero attached hydrogens (tertiary/aromatic N) is 6. The van der Waals surface area contributed by atoms with E-state index in [-0.39, 0.29) is 29.6 Å². The van der Waals surface area contributed by atoms with Gasteiger partial charge in [0, 0.05) is 25.2 Å². The lowest BCUT2D eigenvalue weighted by Gasteiger charge is -2.47. The molecule has 0 radical (unpaired) electrons. The van der Waals surface area contributed by atoms with Crippen LogP contribution in [0.5, 0.6) is 5.88 Å². The average molecular weight is 457 g/mol. The molecule has 33 heavy (non-hydrogen) atoms. The van der Waals surface area contributed by atoms with Gasteiger partial charge in [0.05, 0.1) is 11.6 Å². The van der Waals surface area contributed by atoms with E-state index in [0.717, 1.165) is 32.2 Å². The van der Waals surface area contributed by atoms with E-state index in [1.807, 2.05) is 31.7 Å². The molecule has 1 spiro atoms. The SMILES string of the molecule is C[C@H](Oc1cc(N2CCN(C(=O)OC(C)(C)C)C3(CC3)[C@H]2C)nc(C#N)n1)[C@@H]1CCCN1C. The van der Waals surface area contributed by atoms with Gasteiger partial charge in [0.2, 0.25) is 11.7 Å². The lowest BCUT2D eigenvalue weighted by molar-refractivity contribution is 0.00546. The van der Waals surface area contributed by atoms with Crippen LogP contribution in [0.15, 0.2) is 6.07 Å². The maximum Gasteiger partial charge on any atom is 0.410 e. The van der Waals surface area contributed by atoms with E-state index in [2.05, 4.69) is 46.7 Å². The van der Waals surface area contributed by atoms with Crippen LogP contribution in [0.2, 0.25) is 0 Å². The van der Waals surface area contributed by atoms with Crippen LogP contribution in [0.25, 0.3) is 0 Å². The summed E-state index contributed by atoms with van der Waals surface area (Å²) in [6.07, 6.45) is 3.80. The second-order valence-electron chi connectivity index (χ2n) is 10.6. The fraction of sp³-hybridized carbons (Fsp3) is 0.750. The van der Waals surface area contributed by atoms with E-state index in [4.69, 9.17) is 9.47 Å². The molecule has 4 rings (SSSR count). The Hall–Kier alpha value is -2.60. The average Bonchev–Trinajstić information content (AvgIpc) is 3.40. The van der Waals surface area contributed by atoms with Crippen molar-refractivity contribution in [3.8, 4) is 11.9 Å². The molecule has 1 aromatic rings. The molecule has 0 aromatic carbocycles. The summed E-state index contributed by atoms with van der Waals surface area (Å²) in [5, 5.41) is 9.55. The van der Waals surface area contributed by atoms with Gasteiger partial charge in [-0.2, -0.15) is 10.2 Å². The van der Waals surface area contributed by atoms with E-state index < -0.39 is 5.60 Å². The minimum atomic E-state index is -0.530. The number of likely N-dealkylation sites (N-methyl/N-ethyl adjacent to an activating group) is 1. The highest BCUT2D eigenvalue weighted by molar-refractivity contribution is 5.71. The molecule has 1 aliphatic carbocycles. The molecular weight excluding hydrogens is 420 g/mol. The van der Waals surface area contributed by atoms with Gasteiger partial charge in [-0.25, -0.2) is 9.78 Å². The number of anilines is 1. The van der Waals surface area contributed by atoms with Crippen LogP contribution in [-0.2, 0) is 4.74 Å². The van der Waals surface area contributed by atoms with Crippen LogP contribution >= 0.6 is 0 Å². The molecule has 2 aliphatic heterocycles. The zero-order valence-corrected chi connectivity index (χ0v) is 20.7. The third-order valence-electron chi connectivity index (χ3n) is 7.23. The molecule has 0 bridgehead atoms. The fourth-order valence-corrected chi connectivity index (χ4v) is 5.33. The van der Waals surface area contributed by atoms with Crippen LogP contribution in [-0.4, -0.2) is 81.9 Å². The van der Waals surface area contributed by atoms with E-state index in [9.17, 15) is 10.1 Å². The Kier molecular flexibility index (Phi) is 6.16. The minimum absolute atomic E-state index is 0.0338. The number of aromatic nitrogens is 2. The number of rotatable bonds is 4. The molecule has 2 saturated heterocycles. The van der Waals surface area contributed by atoms with Crippen LogP contribution in [0, 0.1) is 11.3 Å². The van der Waals surface area contributed by atoms with Crippen molar-refractivity contribution >= 4 is 11.9 Å². The molecule has 0 unspecified atom stereocenters. The second kappa shape index (κ2) is 8.64. The highest BCUT2D eigenvalue weighted by Crippen LogP contribution is 2.49. The summed E-state index contributed by atoms with van der Waals surface area (Å²) in [6.45, 7) is 12.1. The van der Waals surface area contributed by atoms with Gasteiger partial charge in [-0.1, -0.05) is 0 Å². The van der Waals surface area contributed by atoms with Crippen molar-refractivity contribution in [3.05, 3.63) is 11.9 Å². The van der Waals surface area contributed by atoms with Gasteiger partial charge in [-0.3, -0.25) is 9.80 Å². The molecular formula is C24H36N6O3. The summed E-state index contributed by atoms with van der Waals surface area (Å²) in [5.74, 6) is 1.20. The van der Waals surface area contributed by atoms with E-state index in [0.29, 0.717) is 30.8 Å². The molecule has 3 atom stereocenters. The highest BCUT2D eigenvalue weighted by atomic mass is 16.6.